The Labute approximate surface area is 97.8 Å². The predicted octanol–water partition coefficient (Wildman–Crippen LogP) is 3.74. The van der Waals surface area contributed by atoms with E-state index in [1.807, 2.05) is 6.92 Å². The standard InChI is InChI=1S/C8H5BrClIO/c1-4-2-5(8(10)12)3-6(9)7(4)11/h2-3H,1H3. The molecule has 1 aromatic carbocycles. The molecule has 0 heterocycles. The van der Waals surface area contributed by atoms with E-state index in [1.165, 1.54) is 0 Å². The number of carbonyl (C=O) groups excluding carboxylic acids is 1. The van der Waals surface area contributed by atoms with Crippen LogP contribution in [0.25, 0.3) is 0 Å². The van der Waals surface area contributed by atoms with Crippen molar-refractivity contribution in [2.24, 2.45) is 0 Å². The van der Waals surface area contributed by atoms with Crippen LogP contribution in [0.2, 0.25) is 0 Å². The molecule has 0 fully saturated rings. The maximum atomic E-state index is 10.8. The van der Waals surface area contributed by atoms with Crippen LogP contribution in [-0.2, 0) is 0 Å². The lowest BCUT2D eigenvalue weighted by Crippen LogP contribution is -1.92. The third-order valence-corrected chi connectivity index (χ3v) is 4.45. The molecule has 0 aliphatic heterocycles. The Morgan fingerprint density at radius 2 is 2.17 bits per heavy atom. The summed E-state index contributed by atoms with van der Waals surface area (Å²) >= 11 is 10.9. The molecule has 0 radical (unpaired) electrons. The van der Waals surface area contributed by atoms with Gasteiger partial charge in [0, 0.05) is 13.6 Å². The number of hydrogen-bond acceptors (Lipinski definition) is 1. The van der Waals surface area contributed by atoms with Gasteiger partial charge in [0.2, 0.25) is 0 Å². The fourth-order valence-electron chi connectivity index (χ4n) is 0.840. The van der Waals surface area contributed by atoms with Crippen LogP contribution in [-0.4, -0.2) is 5.24 Å². The summed E-state index contributed by atoms with van der Waals surface area (Å²) in [6.45, 7) is 1.94. The Morgan fingerprint density at radius 3 is 2.58 bits per heavy atom. The first-order valence-electron chi connectivity index (χ1n) is 3.18. The minimum Gasteiger partial charge on any atom is -0.276 e. The van der Waals surface area contributed by atoms with E-state index >= 15 is 0 Å². The minimum absolute atomic E-state index is 0.421. The number of hydrogen-bond donors (Lipinski definition) is 0. The molecule has 0 aliphatic carbocycles. The molecule has 1 aromatic rings. The summed E-state index contributed by atoms with van der Waals surface area (Å²) in [6, 6.07) is 3.51. The molecule has 12 heavy (non-hydrogen) atoms. The van der Waals surface area contributed by atoms with E-state index in [4.69, 9.17) is 11.6 Å². The zero-order valence-electron chi connectivity index (χ0n) is 6.20. The number of carbonyl (C=O) groups is 1. The first kappa shape index (κ1) is 10.5. The lowest BCUT2D eigenvalue weighted by molar-refractivity contribution is 0.108. The molecule has 0 aromatic heterocycles. The smallest absolute Gasteiger partial charge is 0.252 e. The molecule has 0 amide bonds. The molecule has 0 N–H and O–H groups in total. The lowest BCUT2D eigenvalue weighted by Gasteiger charge is -2.02. The Hall–Kier alpha value is 0.390. The van der Waals surface area contributed by atoms with Gasteiger partial charge in [-0.05, 0) is 74.7 Å². The van der Waals surface area contributed by atoms with Crippen LogP contribution >= 0.6 is 50.1 Å². The van der Waals surface area contributed by atoms with E-state index in [9.17, 15) is 4.79 Å². The van der Waals surface area contributed by atoms with E-state index in [-0.39, 0.29) is 0 Å². The quantitative estimate of drug-likeness (QED) is 0.551. The highest BCUT2D eigenvalue weighted by Crippen LogP contribution is 2.24. The van der Waals surface area contributed by atoms with E-state index in [2.05, 4.69) is 38.5 Å². The molecule has 4 heteroatoms. The molecule has 0 unspecified atom stereocenters. The van der Waals surface area contributed by atoms with Gasteiger partial charge < -0.3 is 0 Å². The van der Waals surface area contributed by atoms with E-state index in [1.54, 1.807) is 12.1 Å². The molecule has 1 rings (SSSR count). The predicted molar refractivity (Wildman–Crippen MR) is 61.8 cm³/mol. The Morgan fingerprint density at radius 1 is 1.58 bits per heavy atom. The number of benzene rings is 1. The monoisotopic (exact) mass is 358 g/mol. The van der Waals surface area contributed by atoms with Gasteiger partial charge in [-0.3, -0.25) is 4.79 Å². The third-order valence-electron chi connectivity index (χ3n) is 1.44. The van der Waals surface area contributed by atoms with Crippen LogP contribution in [0.4, 0.5) is 0 Å². The average molecular weight is 359 g/mol. The average Bonchev–Trinajstić information content (AvgIpc) is 1.99. The highest BCUT2D eigenvalue weighted by atomic mass is 127. The van der Waals surface area contributed by atoms with Crippen molar-refractivity contribution >= 4 is 55.4 Å². The van der Waals surface area contributed by atoms with Gasteiger partial charge in [-0.15, -0.1) is 0 Å². The fourth-order valence-corrected chi connectivity index (χ4v) is 1.82. The van der Waals surface area contributed by atoms with Gasteiger partial charge in [0.25, 0.3) is 5.24 Å². The number of aryl methyl sites for hydroxylation is 1. The highest BCUT2D eigenvalue weighted by molar-refractivity contribution is 14.1. The number of rotatable bonds is 1. The molecule has 0 bridgehead atoms. The first-order chi connectivity index (χ1) is 5.52. The van der Waals surface area contributed by atoms with E-state index in [0.717, 1.165) is 13.6 Å². The van der Waals surface area contributed by atoms with Gasteiger partial charge in [0.1, 0.15) is 0 Å². The molecule has 0 saturated heterocycles. The van der Waals surface area contributed by atoms with Crippen molar-refractivity contribution in [3.8, 4) is 0 Å². The third kappa shape index (κ3) is 2.20. The Kier molecular flexibility index (Phi) is 3.55. The molecule has 64 valence electrons. The largest absolute Gasteiger partial charge is 0.276 e. The van der Waals surface area contributed by atoms with Crippen molar-refractivity contribution in [3.63, 3.8) is 0 Å². The zero-order chi connectivity index (χ0) is 9.30. The van der Waals surface area contributed by atoms with Crippen LogP contribution in [0.3, 0.4) is 0 Å². The Balaban J connectivity index is 3.31. The van der Waals surface area contributed by atoms with Crippen LogP contribution < -0.4 is 0 Å². The maximum absolute atomic E-state index is 10.8. The second kappa shape index (κ2) is 4.07. The summed E-state index contributed by atoms with van der Waals surface area (Å²) in [7, 11) is 0. The topological polar surface area (TPSA) is 17.1 Å². The van der Waals surface area contributed by atoms with Gasteiger partial charge in [0.15, 0.2) is 0 Å². The molecular formula is C8H5BrClIO. The van der Waals surface area contributed by atoms with Gasteiger partial charge in [-0.2, -0.15) is 0 Å². The lowest BCUT2D eigenvalue weighted by atomic mass is 10.2. The zero-order valence-corrected chi connectivity index (χ0v) is 10.7. The van der Waals surface area contributed by atoms with Crippen LogP contribution in [0.5, 0.6) is 0 Å². The minimum atomic E-state index is -0.421. The van der Waals surface area contributed by atoms with Gasteiger partial charge in [-0.1, -0.05) is 0 Å². The van der Waals surface area contributed by atoms with Gasteiger partial charge >= 0.3 is 0 Å². The van der Waals surface area contributed by atoms with Gasteiger partial charge in [0.05, 0.1) is 0 Å². The summed E-state index contributed by atoms with van der Waals surface area (Å²) in [6.07, 6.45) is 0. The molecule has 0 atom stereocenters. The van der Waals surface area contributed by atoms with Crippen LogP contribution in [0.1, 0.15) is 15.9 Å². The summed E-state index contributed by atoms with van der Waals surface area (Å²) in [4.78, 5) is 10.8. The van der Waals surface area contributed by atoms with Crippen molar-refractivity contribution in [1.29, 1.82) is 0 Å². The van der Waals surface area contributed by atoms with Crippen molar-refractivity contribution in [2.75, 3.05) is 0 Å². The maximum Gasteiger partial charge on any atom is 0.252 e. The summed E-state index contributed by atoms with van der Waals surface area (Å²) in [5.74, 6) is 0. The fraction of sp³-hybridized carbons (Fsp3) is 0.125. The van der Waals surface area contributed by atoms with Crippen molar-refractivity contribution in [3.05, 3.63) is 31.3 Å². The van der Waals surface area contributed by atoms with Gasteiger partial charge in [-0.25, -0.2) is 0 Å². The second-order valence-electron chi connectivity index (χ2n) is 2.36. The van der Waals surface area contributed by atoms with E-state index in [0.29, 0.717) is 5.56 Å². The van der Waals surface area contributed by atoms with Crippen LogP contribution in [0.15, 0.2) is 16.6 Å². The number of halogens is 3. The van der Waals surface area contributed by atoms with Crippen molar-refractivity contribution in [2.45, 2.75) is 6.92 Å². The highest BCUT2D eigenvalue weighted by Gasteiger charge is 2.07. The van der Waals surface area contributed by atoms with Crippen LogP contribution in [0, 0.1) is 10.5 Å². The second-order valence-corrected chi connectivity index (χ2v) is 4.64. The molecule has 0 spiro atoms. The molecule has 0 saturated carbocycles. The first-order valence-corrected chi connectivity index (χ1v) is 5.43. The molecule has 0 aliphatic rings. The normalized spacial score (nSPS) is 10.0. The summed E-state index contributed by atoms with van der Waals surface area (Å²) < 4.78 is 2.02. The summed E-state index contributed by atoms with van der Waals surface area (Å²) in [5.41, 5.74) is 1.58. The summed E-state index contributed by atoms with van der Waals surface area (Å²) in [5, 5.41) is -0.421. The molecule has 1 nitrogen and oxygen atoms in total. The molecular weight excluding hydrogens is 354 g/mol. The van der Waals surface area contributed by atoms with E-state index < -0.39 is 5.24 Å². The SMILES string of the molecule is Cc1cc(C(=O)Cl)cc(Br)c1I. The van der Waals surface area contributed by atoms with Crippen molar-refractivity contribution < 1.29 is 4.79 Å². The van der Waals surface area contributed by atoms with Crippen molar-refractivity contribution in [1.82, 2.24) is 0 Å². The Bertz CT molecular complexity index is 315.